The normalized spacial score (nSPS) is 16.0. The van der Waals surface area contributed by atoms with E-state index < -0.39 is 0 Å². The van der Waals surface area contributed by atoms with Gasteiger partial charge < -0.3 is 9.97 Å². The van der Waals surface area contributed by atoms with Gasteiger partial charge in [-0.25, -0.2) is 4.79 Å². The average Bonchev–Trinajstić information content (AvgIpc) is 3.33. The molecule has 5 nitrogen and oxygen atoms in total. The number of H-pyrrole nitrogens is 2. The highest BCUT2D eigenvalue weighted by Crippen LogP contribution is 2.28. The number of carbonyl (C=O) groups is 1. The summed E-state index contributed by atoms with van der Waals surface area (Å²) in [6.07, 6.45) is 2.18. The van der Waals surface area contributed by atoms with E-state index in [9.17, 15) is 9.59 Å². The number of aromatic nitrogens is 2. The van der Waals surface area contributed by atoms with Crippen molar-refractivity contribution in [3.8, 4) is 0 Å². The fraction of sp³-hybridized carbons (Fsp3) is 0.300. The van der Waals surface area contributed by atoms with E-state index in [-0.39, 0.29) is 11.5 Å². The molecule has 2 N–H and O–H groups in total. The molecule has 0 amide bonds. The predicted molar refractivity (Wildman–Crippen MR) is 103 cm³/mol. The van der Waals surface area contributed by atoms with Gasteiger partial charge in [0.05, 0.1) is 10.6 Å². The molecule has 0 aliphatic carbocycles. The number of benzene rings is 1. The van der Waals surface area contributed by atoms with E-state index in [1.165, 1.54) is 16.9 Å². The highest BCUT2D eigenvalue weighted by molar-refractivity contribution is 7.12. The minimum atomic E-state index is -0.320. The molecule has 0 saturated carbocycles. The van der Waals surface area contributed by atoms with E-state index in [0.717, 1.165) is 25.9 Å². The average molecular weight is 367 g/mol. The van der Waals surface area contributed by atoms with Crippen molar-refractivity contribution < 1.29 is 4.79 Å². The monoisotopic (exact) mass is 367 g/mol. The molecule has 134 valence electrons. The Balaban J connectivity index is 1.44. The molecule has 2 aromatic heterocycles. The summed E-state index contributed by atoms with van der Waals surface area (Å²) >= 11 is 1.39. The molecular weight excluding hydrogens is 346 g/mol. The zero-order valence-electron chi connectivity index (χ0n) is 14.4. The summed E-state index contributed by atoms with van der Waals surface area (Å²) in [4.78, 5) is 32.8. The van der Waals surface area contributed by atoms with Gasteiger partial charge in [0, 0.05) is 6.54 Å². The first-order valence-electron chi connectivity index (χ1n) is 8.87. The van der Waals surface area contributed by atoms with Gasteiger partial charge in [-0.15, -0.1) is 11.3 Å². The van der Waals surface area contributed by atoms with Gasteiger partial charge in [0.1, 0.15) is 5.69 Å². The maximum absolute atomic E-state index is 12.6. The van der Waals surface area contributed by atoms with Crippen LogP contribution in [0, 0.1) is 0 Å². The number of piperidine rings is 1. The van der Waals surface area contributed by atoms with Crippen LogP contribution in [0.5, 0.6) is 0 Å². The van der Waals surface area contributed by atoms with E-state index in [4.69, 9.17) is 0 Å². The Hall–Kier alpha value is -2.44. The number of hydrogen-bond donors (Lipinski definition) is 2. The molecule has 0 spiro atoms. The molecule has 1 fully saturated rings. The van der Waals surface area contributed by atoms with Gasteiger partial charge >= 0.3 is 5.69 Å². The summed E-state index contributed by atoms with van der Waals surface area (Å²) in [7, 11) is 0. The van der Waals surface area contributed by atoms with Gasteiger partial charge in [0.2, 0.25) is 5.78 Å². The van der Waals surface area contributed by atoms with Crippen LogP contribution in [-0.4, -0.2) is 33.7 Å². The number of likely N-dealkylation sites (tertiary alicyclic amines) is 1. The number of hydrogen-bond acceptors (Lipinski definition) is 4. The molecule has 0 unspecified atom stereocenters. The third-order valence-corrected chi connectivity index (χ3v) is 5.89. The Labute approximate surface area is 155 Å². The Morgan fingerprint density at radius 3 is 2.54 bits per heavy atom. The molecule has 0 bridgehead atoms. The number of imidazole rings is 1. The van der Waals surface area contributed by atoms with E-state index >= 15 is 0 Å². The lowest BCUT2D eigenvalue weighted by molar-refractivity contribution is 0.103. The largest absolute Gasteiger partial charge is 0.323 e. The van der Waals surface area contributed by atoms with Crippen LogP contribution in [0.3, 0.4) is 0 Å². The van der Waals surface area contributed by atoms with Crippen molar-refractivity contribution >= 4 is 17.1 Å². The van der Waals surface area contributed by atoms with Gasteiger partial charge in [0.15, 0.2) is 0 Å². The molecule has 1 saturated heterocycles. The number of rotatable bonds is 5. The van der Waals surface area contributed by atoms with E-state index in [1.54, 1.807) is 6.07 Å². The van der Waals surface area contributed by atoms with Crippen molar-refractivity contribution in [1.82, 2.24) is 14.9 Å². The predicted octanol–water partition coefficient (Wildman–Crippen LogP) is 3.38. The second-order valence-electron chi connectivity index (χ2n) is 6.70. The van der Waals surface area contributed by atoms with Gasteiger partial charge in [0.25, 0.3) is 0 Å². The summed E-state index contributed by atoms with van der Waals surface area (Å²) < 4.78 is 0. The first-order valence-corrected chi connectivity index (χ1v) is 9.75. The minimum Gasteiger partial charge on any atom is -0.308 e. The highest BCUT2D eigenvalue weighted by atomic mass is 32.1. The van der Waals surface area contributed by atoms with Crippen LogP contribution in [0.4, 0.5) is 0 Å². The summed E-state index contributed by atoms with van der Waals surface area (Å²) in [5.41, 5.74) is 2.16. The lowest BCUT2D eigenvalue weighted by Crippen LogP contribution is -2.33. The van der Waals surface area contributed by atoms with Gasteiger partial charge in [-0.1, -0.05) is 36.4 Å². The quantitative estimate of drug-likeness (QED) is 0.679. The minimum absolute atomic E-state index is 0.118. The van der Waals surface area contributed by atoms with Crippen LogP contribution in [0.1, 0.15) is 45.4 Å². The number of nitrogens with one attached hydrogen (secondary N) is 2. The molecule has 0 radical (unpaired) electrons. The zero-order valence-corrected chi connectivity index (χ0v) is 15.2. The van der Waals surface area contributed by atoms with Gasteiger partial charge in [-0.3, -0.25) is 9.69 Å². The Kier molecular flexibility index (Phi) is 4.86. The molecule has 26 heavy (non-hydrogen) atoms. The highest BCUT2D eigenvalue weighted by Gasteiger charge is 2.24. The Morgan fingerprint density at radius 1 is 1.08 bits per heavy atom. The fourth-order valence-electron chi connectivity index (χ4n) is 3.64. The zero-order chi connectivity index (χ0) is 17.9. The SMILES string of the molecule is O=C(c1cccs1)c1[nH]c(=O)[nH]c1CN1CCC(c2ccccc2)CC1. The molecule has 3 heterocycles. The summed E-state index contributed by atoms with van der Waals surface area (Å²) in [6.45, 7) is 2.51. The molecule has 1 aromatic carbocycles. The third-order valence-electron chi connectivity index (χ3n) is 5.02. The third kappa shape index (κ3) is 3.57. The van der Waals surface area contributed by atoms with Crippen LogP contribution in [0.15, 0.2) is 52.6 Å². The molecule has 1 aliphatic heterocycles. The first kappa shape index (κ1) is 17.0. The topological polar surface area (TPSA) is 69.0 Å². The second-order valence-corrected chi connectivity index (χ2v) is 7.65. The lowest BCUT2D eigenvalue weighted by Gasteiger charge is -2.32. The standard InChI is InChI=1S/C20H21N3O2S/c24-19(17-7-4-12-26-17)18-16(21-20(25)22-18)13-23-10-8-15(9-11-23)14-5-2-1-3-6-14/h1-7,12,15H,8-11,13H2,(H2,21,22,25). The molecule has 4 rings (SSSR count). The van der Waals surface area contributed by atoms with Crippen LogP contribution >= 0.6 is 11.3 Å². The van der Waals surface area contributed by atoms with Crippen LogP contribution < -0.4 is 5.69 Å². The van der Waals surface area contributed by atoms with Crippen molar-refractivity contribution in [2.24, 2.45) is 0 Å². The number of aromatic amines is 2. The van der Waals surface area contributed by atoms with Crippen molar-refractivity contribution in [1.29, 1.82) is 0 Å². The van der Waals surface area contributed by atoms with Crippen LogP contribution in [-0.2, 0) is 6.54 Å². The van der Waals surface area contributed by atoms with Crippen molar-refractivity contribution in [3.63, 3.8) is 0 Å². The number of carbonyl (C=O) groups excluding carboxylic acids is 1. The molecular formula is C20H21N3O2S. The molecule has 0 atom stereocenters. The smallest absolute Gasteiger partial charge is 0.308 e. The molecule has 3 aromatic rings. The van der Waals surface area contributed by atoms with Gasteiger partial charge in [-0.2, -0.15) is 0 Å². The maximum Gasteiger partial charge on any atom is 0.323 e. The van der Waals surface area contributed by atoms with E-state index in [1.807, 2.05) is 17.5 Å². The second kappa shape index (κ2) is 7.43. The number of thiophene rings is 1. The van der Waals surface area contributed by atoms with Crippen LogP contribution in [0.2, 0.25) is 0 Å². The summed E-state index contributed by atoms with van der Waals surface area (Å²) in [5, 5.41) is 1.87. The summed E-state index contributed by atoms with van der Waals surface area (Å²) in [6, 6.07) is 14.3. The maximum atomic E-state index is 12.6. The van der Waals surface area contributed by atoms with E-state index in [2.05, 4.69) is 39.1 Å². The van der Waals surface area contributed by atoms with Crippen molar-refractivity contribution in [2.75, 3.05) is 13.1 Å². The Bertz CT molecular complexity index is 920. The van der Waals surface area contributed by atoms with Crippen molar-refractivity contribution in [2.45, 2.75) is 25.3 Å². The number of ketones is 1. The molecule has 6 heteroatoms. The summed E-state index contributed by atoms with van der Waals surface area (Å²) in [5.74, 6) is 0.470. The Morgan fingerprint density at radius 2 is 1.85 bits per heavy atom. The van der Waals surface area contributed by atoms with Crippen LogP contribution in [0.25, 0.3) is 0 Å². The molecule has 1 aliphatic rings. The van der Waals surface area contributed by atoms with Gasteiger partial charge in [-0.05, 0) is 48.9 Å². The first-order chi connectivity index (χ1) is 12.7. The van der Waals surface area contributed by atoms with E-state index in [0.29, 0.717) is 28.7 Å². The lowest BCUT2D eigenvalue weighted by atomic mass is 9.89. The number of nitrogens with zero attached hydrogens (tertiary/aromatic N) is 1. The fourth-order valence-corrected chi connectivity index (χ4v) is 4.31. The van der Waals surface area contributed by atoms with Crippen molar-refractivity contribution in [3.05, 3.63) is 80.2 Å².